The van der Waals surface area contributed by atoms with Gasteiger partial charge in [-0.05, 0) is 24.3 Å². The van der Waals surface area contributed by atoms with Gasteiger partial charge >= 0.3 is 0 Å². The van der Waals surface area contributed by atoms with Gasteiger partial charge in [-0.1, -0.05) is 29.8 Å². The van der Waals surface area contributed by atoms with Crippen LogP contribution in [0, 0.1) is 17.1 Å². The van der Waals surface area contributed by atoms with Gasteiger partial charge in [0.25, 0.3) is 0 Å². The monoisotopic (exact) mass is 345 g/mol. The van der Waals surface area contributed by atoms with Gasteiger partial charge in [-0.2, -0.15) is 5.26 Å². The van der Waals surface area contributed by atoms with Crippen molar-refractivity contribution >= 4 is 11.6 Å². The van der Waals surface area contributed by atoms with Crippen molar-refractivity contribution in [3.63, 3.8) is 0 Å². The fourth-order valence-electron chi connectivity index (χ4n) is 3.25. The van der Waals surface area contributed by atoms with E-state index in [9.17, 15) is 4.39 Å². The van der Waals surface area contributed by atoms with E-state index in [1.165, 1.54) is 21.4 Å². The lowest BCUT2D eigenvalue weighted by atomic mass is 10.1. The minimum absolute atomic E-state index is 0.206. The molecule has 5 heteroatoms. The highest BCUT2D eigenvalue weighted by molar-refractivity contribution is 6.31. The zero-order valence-corrected chi connectivity index (χ0v) is 14.2. The molecule has 124 valence electrons. The third kappa shape index (κ3) is 4.12. The van der Waals surface area contributed by atoms with Gasteiger partial charge < -0.3 is 9.80 Å². The Hall–Kier alpha value is -1.93. The van der Waals surface area contributed by atoms with Crippen molar-refractivity contribution in [3.05, 3.63) is 70.0 Å². The summed E-state index contributed by atoms with van der Waals surface area (Å²) in [7, 11) is 0. The SMILES string of the molecule is N#Cc1ccc(C[NH+]2CC[NH+](Cc3c(F)cccc3Cl)CC2)cc1. The first-order valence-electron chi connectivity index (χ1n) is 8.25. The summed E-state index contributed by atoms with van der Waals surface area (Å²) < 4.78 is 13.9. The van der Waals surface area contributed by atoms with Gasteiger partial charge in [0.2, 0.25) is 0 Å². The number of piperazine rings is 1. The van der Waals surface area contributed by atoms with Crippen LogP contribution in [0.4, 0.5) is 4.39 Å². The maximum atomic E-state index is 13.9. The van der Waals surface area contributed by atoms with Gasteiger partial charge in [-0.25, -0.2) is 4.39 Å². The summed E-state index contributed by atoms with van der Waals surface area (Å²) in [6, 6.07) is 14.8. The van der Waals surface area contributed by atoms with Gasteiger partial charge in [0.05, 0.1) is 22.2 Å². The average molecular weight is 346 g/mol. The summed E-state index contributed by atoms with van der Waals surface area (Å²) in [5, 5.41) is 9.37. The highest BCUT2D eigenvalue weighted by Crippen LogP contribution is 2.17. The first kappa shape index (κ1) is 16.9. The molecule has 1 fully saturated rings. The van der Waals surface area contributed by atoms with Gasteiger partial charge in [0.1, 0.15) is 45.1 Å². The minimum Gasteiger partial charge on any atom is -0.322 e. The van der Waals surface area contributed by atoms with Crippen LogP contribution < -0.4 is 9.80 Å². The maximum Gasteiger partial charge on any atom is 0.133 e. The van der Waals surface area contributed by atoms with E-state index in [2.05, 4.69) is 6.07 Å². The van der Waals surface area contributed by atoms with Crippen LogP contribution in [-0.2, 0) is 13.1 Å². The molecule has 0 amide bonds. The predicted octanol–water partition coefficient (Wildman–Crippen LogP) is 0.834. The zero-order chi connectivity index (χ0) is 16.9. The second-order valence-electron chi connectivity index (χ2n) is 6.36. The largest absolute Gasteiger partial charge is 0.322 e. The smallest absolute Gasteiger partial charge is 0.133 e. The molecule has 1 saturated heterocycles. The number of hydrogen-bond donors (Lipinski definition) is 2. The van der Waals surface area contributed by atoms with Gasteiger partial charge in [0.15, 0.2) is 0 Å². The fraction of sp³-hybridized carbons (Fsp3) is 0.316. The molecule has 2 aromatic rings. The van der Waals surface area contributed by atoms with E-state index >= 15 is 0 Å². The number of nitriles is 1. The van der Waals surface area contributed by atoms with E-state index in [1.54, 1.807) is 12.1 Å². The average Bonchev–Trinajstić information content (AvgIpc) is 2.60. The second kappa shape index (κ2) is 7.76. The molecule has 0 aromatic heterocycles. The van der Waals surface area contributed by atoms with E-state index < -0.39 is 0 Å². The molecule has 0 aliphatic carbocycles. The molecule has 0 bridgehead atoms. The van der Waals surface area contributed by atoms with Crippen LogP contribution >= 0.6 is 11.6 Å². The Kier molecular flexibility index (Phi) is 5.47. The van der Waals surface area contributed by atoms with E-state index in [1.807, 2.05) is 24.3 Å². The summed E-state index contributed by atoms with van der Waals surface area (Å²) in [6.07, 6.45) is 0. The highest BCUT2D eigenvalue weighted by Gasteiger charge is 2.24. The number of halogens is 2. The Bertz CT molecular complexity index is 711. The summed E-state index contributed by atoms with van der Waals surface area (Å²) >= 11 is 6.13. The Morgan fingerprint density at radius 2 is 1.58 bits per heavy atom. The van der Waals surface area contributed by atoms with Crippen LogP contribution in [0.15, 0.2) is 42.5 Å². The molecular formula is C19H21ClFN3+2. The number of nitrogens with zero attached hydrogens (tertiary/aromatic N) is 1. The summed E-state index contributed by atoms with van der Waals surface area (Å²) in [4.78, 5) is 2.91. The summed E-state index contributed by atoms with van der Waals surface area (Å²) in [5.74, 6) is -0.206. The topological polar surface area (TPSA) is 32.7 Å². The number of nitrogens with one attached hydrogen (secondary N) is 2. The molecule has 2 N–H and O–H groups in total. The zero-order valence-electron chi connectivity index (χ0n) is 13.5. The first-order valence-corrected chi connectivity index (χ1v) is 8.62. The van der Waals surface area contributed by atoms with Crippen molar-refractivity contribution in [2.24, 2.45) is 0 Å². The number of rotatable bonds is 4. The first-order chi connectivity index (χ1) is 11.7. The molecule has 3 rings (SSSR count). The molecule has 0 atom stereocenters. The summed E-state index contributed by atoms with van der Waals surface area (Å²) in [6.45, 7) is 5.75. The van der Waals surface area contributed by atoms with Crippen molar-refractivity contribution in [2.45, 2.75) is 13.1 Å². The van der Waals surface area contributed by atoms with Gasteiger partial charge in [-0.15, -0.1) is 0 Å². The third-order valence-electron chi connectivity index (χ3n) is 4.69. The Morgan fingerprint density at radius 3 is 2.17 bits per heavy atom. The van der Waals surface area contributed by atoms with Crippen LogP contribution in [0.2, 0.25) is 5.02 Å². The lowest BCUT2D eigenvalue weighted by molar-refractivity contribution is -1.02. The Labute approximate surface area is 146 Å². The van der Waals surface area contributed by atoms with Gasteiger partial charge in [-0.3, -0.25) is 0 Å². The summed E-state index contributed by atoms with van der Waals surface area (Å²) in [5.41, 5.74) is 2.58. The minimum atomic E-state index is -0.206. The molecule has 2 aromatic carbocycles. The molecule has 3 nitrogen and oxygen atoms in total. The molecular weight excluding hydrogens is 325 g/mol. The maximum absolute atomic E-state index is 13.9. The van der Waals surface area contributed by atoms with E-state index in [-0.39, 0.29) is 5.82 Å². The van der Waals surface area contributed by atoms with Crippen LogP contribution in [0.1, 0.15) is 16.7 Å². The molecule has 0 radical (unpaired) electrons. The Balaban J connectivity index is 1.53. The fourth-order valence-corrected chi connectivity index (χ4v) is 3.48. The number of quaternary nitrogens is 2. The van der Waals surface area contributed by atoms with Crippen molar-refractivity contribution < 1.29 is 14.2 Å². The second-order valence-corrected chi connectivity index (χ2v) is 6.77. The normalized spacial score (nSPS) is 20.5. The quantitative estimate of drug-likeness (QED) is 0.845. The van der Waals surface area contributed by atoms with Crippen LogP contribution in [-0.4, -0.2) is 26.2 Å². The molecule has 0 spiro atoms. The van der Waals surface area contributed by atoms with Crippen molar-refractivity contribution in [3.8, 4) is 6.07 Å². The molecule has 0 saturated carbocycles. The molecule has 1 aliphatic rings. The van der Waals surface area contributed by atoms with E-state index in [0.29, 0.717) is 22.7 Å². The molecule has 24 heavy (non-hydrogen) atoms. The molecule has 0 unspecified atom stereocenters. The predicted molar refractivity (Wildman–Crippen MR) is 91.4 cm³/mol. The highest BCUT2D eigenvalue weighted by atomic mass is 35.5. The standard InChI is InChI=1S/C19H19ClFN3/c20-18-2-1-3-19(21)17(18)14-24-10-8-23(9-11-24)13-16-6-4-15(12-22)5-7-16/h1-7H,8-11,13-14H2/p+2. The third-order valence-corrected chi connectivity index (χ3v) is 5.04. The Morgan fingerprint density at radius 1 is 0.958 bits per heavy atom. The number of hydrogen-bond acceptors (Lipinski definition) is 1. The van der Waals surface area contributed by atoms with Crippen molar-refractivity contribution in [1.29, 1.82) is 5.26 Å². The number of benzene rings is 2. The van der Waals surface area contributed by atoms with Crippen LogP contribution in [0.3, 0.4) is 0 Å². The van der Waals surface area contributed by atoms with Gasteiger partial charge in [0, 0.05) is 5.56 Å². The van der Waals surface area contributed by atoms with Crippen molar-refractivity contribution in [1.82, 2.24) is 0 Å². The lowest BCUT2D eigenvalue weighted by Crippen LogP contribution is -3.27. The van der Waals surface area contributed by atoms with E-state index in [4.69, 9.17) is 16.9 Å². The molecule has 1 heterocycles. The molecule has 1 aliphatic heterocycles. The van der Waals surface area contributed by atoms with Crippen LogP contribution in [0.25, 0.3) is 0 Å². The lowest BCUT2D eigenvalue weighted by Gasteiger charge is -2.30. The van der Waals surface area contributed by atoms with Crippen LogP contribution in [0.5, 0.6) is 0 Å². The van der Waals surface area contributed by atoms with Crippen molar-refractivity contribution in [2.75, 3.05) is 26.2 Å². The van der Waals surface area contributed by atoms with E-state index in [0.717, 1.165) is 32.7 Å².